The number of nitrogens with zero attached hydrogens (tertiary/aromatic N) is 5. The van der Waals surface area contributed by atoms with Crippen LogP contribution in [0.4, 0.5) is 0 Å². The smallest absolute Gasteiger partial charge is 0.412 e. The van der Waals surface area contributed by atoms with E-state index in [9.17, 15) is 0 Å². The molecule has 21 nitrogen and oxygen atoms in total. The molecule has 0 unspecified atom stereocenters. The van der Waals surface area contributed by atoms with Gasteiger partial charge in [-0.2, -0.15) is 0 Å². The summed E-state index contributed by atoms with van der Waals surface area (Å²) >= 11 is 0. The predicted octanol–water partition coefficient (Wildman–Crippen LogP) is -0.571. The molecule has 6 atom stereocenters. The van der Waals surface area contributed by atoms with Crippen LogP contribution in [-0.4, -0.2) is 111 Å². The van der Waals surface area contributed by atoms with E-state index >= 15 is 0 Å². The fourth-order valence-corrected chi connectivity index (χ4v) is 7.94. The molecule has 3 fully saturated rings. The molecule has 3 aromatic heterocycles. The predicted molar refractivity (Wildman–Crippen MR) is 219 cm³/mol. The Hall–Kier alpha value is -3.63. The van der Waals surface area contributed by atoms with Gasteiger partial charge in [0, 0.05) is 75.5 Å². The fraction of sp³-hybridized carbons (Fsp3) is 0.583. The van der Waals surface area contributed by atoms with Crippen molar-refractivity contribution in [2.75, 3.05) is 0 Å². The van der Waals surface area contributed by atoms with Gasteiger partial charge in [0.05, 0.1) is 44.3 Å². The minimum atomic E-state index is -1.75. The summed E-state index contributed by atoms with van der Waals surface area (Å²) in [5.41, 5.74) is 6.70. The van der Waals surface area contributed by atoms with E-state index in [-0.39, 0.29) is 49.2 Å². The molecule has 322 valence electrons. The quantitative estimate of drug-likeness (QED) is 0.0933. The monoisotopic (exact) mass is 1010 g/mol. The summed E-state index contributed by atoms with van der Waals surface area (Å²) in [6, 6.07) is 22.1. The third-order valence-electron chi connectivity index (χ3n) is 10.4. The van der Waals surface area contributed by atoms with Crippen LogP contribution in [0.15, 0.2) is 54.6 Å². The van der Waals surface area contributed by atoms with Gasteiger partial charge >= 0.3 is 27.3 Å². The van der Waals surface area contributed by atoms with Crippen molar-refractivity contribution in [1.29, 1.82) is 0 Å². The summed E-state index contributed by atoms with van der Waals surface area (Å²) in [6.07, 6.45) is 10.9. The van der Waals surface area contributed by atoms with E-state index in [1.807, 2.05) is 0 Å². The van der Waals surface area contributed by atoms with Crippen LogP contribution in [0.2, 0.25) is 0 Å². The van der Waals surface area contributed by atoms with Crippen molar-refractivity contribution < 1.29 is 32.1 Å². The third-order valence-corrected chi connectivity index (χ3v) is 10.4. The molecule has 3 aliphatic carbocycles. The van der Waals surface area contributed by atoms with E-state index in [1.54, 1.807) is 0 Å². The first-order valence-corrected chi connectivity index (χ1v) is 18.6. The van der Waals surface area contributed by atoms with Gasteiger partial charge in [-0.1, -0.05) is 37.5 Å². The third kappa shape index (κ3) is 18.5. The zero-order valence-electron chi connectivity index (χ0n) is 32.5. The Morgan fingerprint density at radius 1 is 0.397 bits per heavy atom. The van der Waals surface area contributed by atoms with E-state index in [0.29, 0.717) is 36.3 Å². The average molecular weight is 1010 g/mol. The van der Waals surface area contributed by atoms with Crippen molar-refractivity contribution in [3.05, 3.63) is 119 Å². The van der Waals surface area contributed by atoms with Crippen molar-refractivity contribution in [1.82, 2.24) is 46.9 Å². The van der Waals surface area contributed by atoms with E-state index in [2.05, 4.69) is 86.5 Å². The van der Waals surface area contributed by atoms with Gasteiger partial charge in [-0.05, 0) is 74.9 Å². The number of aromatic nitrogens is 3. The van der Waals surface area contributed by atoms with E-state index in [4.69, 9.17) is 45.6 Å². The molecular weight excluding hydrogens is 954 g/mol. The number of pyridine rings is 3. The number of rotatable bonds is 0. The van der Waals surface area contributed by atoms with Gasteiger partial charge in [-0.3, -0.25) is 15.0 Å². The van der Waals surface area contributed by atoms with Gasteiger partial charge in [0.15, 0.2) is 0 Å². The van der Waals surface area contributed by atoms with Gasteiger partial charge in [0.25, 0.3) is 0 Å². The van der Waals surface area contributed by atoms with Crippen LogP contribution in [0.5, 0.6) is 0 Å². The molecule has 0 aromatic carbocycles. The van der Waals surface area contributed by atoms with Crippen LogP contribution in [0.3, 0.4) is 0 Å². The topological polar surface area (TPSA) is 369 Å². The minimum absolute atomic E-state index is 0. The SMILES string of the molecule is O.O.O.O.O=[N+]([O-])[O-].O=[N+]([O-])[O-].[Pb+2].c1cc2nc(c1)CN[C@H]1CCC[C@@H]1NCc1cccc(n1)CN[C@H]1CCC[C@@H]1NCc1cccc(n1)CN[C@H]1CCC[C@@H]1NC2. The van der Waals surface area contributed by atoms with Crippen molar-refractivity contribution in [2.24, 2.45) is 0 Å². The van der Waals surface area contributed by atoms with Crippen LogP contribution in [0, 0.1) is 30.6 Å². The first kappa shape index (κ1) is 54.4. The van der Waals surface area contributed by atoms with Crippen LogP contribution in [0.1, 0.15) is 92.0 Å². The molecule has 4 heterocycles. The van der Waals surface area contributed by atoms with Crippen LogP contribution in [-0.2, 0) is 39.3 Å². The molecule has 0 saturated heterocycles. The molecule has 0 spiro atoms. The molecule has 3 aromatic rings. The maximum Gasteiger partial charge on any atom is 2.00 e. The van der Waals surface area contributed by atoms with Crippen LogP contribution in [0.25, 0.3) is 0 Å². The summed E-state index contributed by atoms with van der Waals surface area (Å²) in [6.45, 7) is 4.79. The van der Waals surface area contributed by atoms with Crippen molar-refractivity contribution in [3.8, 4) is 0 Å². The van der Waals surface area contributed by atoms with Gasteiger partial charge in [-0.15, -0.1) is 0 Å². The van der Waals surface area contributed by atoms with E-state index in [1.165, 1.54) is 57.8 Å². The van der Waals surface area contributed by atoms with Gasteiger partial charge < -0.3 is 84.4 Å². The minimum Gasteiger partial charge on any atom is -0.412 e. The second-order valence-electron chi connectivity index (χ2n) is 14.0. The van der Waals surface area contributed by atoms with Crippen molar-refractivity contribution in [3.63, 3.8) is 0 Å². The summed E-state index contributed by atoms with van der Waals surface area (Å²) < 4.78 is 0. The van der Waals surface area contributed by atoms with Crippen molar-refractivity contribution in [2.45, 2.75) is 133 Å². The Balaban J connectivity index is 0.00000230. The first-order valence-electron chi connectivity index (χ1n) is 18.6. The Labute approximate surface area is 357 Å². The maximum absolute atomic E-state index is 8.25. The summed E-state index contributed by atoms with van der Waals surface area (Å²) in [7, 11) is 0. The molecular formula is C36H59N11O10Pb. The number of nitrogens with one attached hydrogen (secondary N) is 6. The van der Waals surface area contributed by atoms with E-state index < -0.39 is 10.2 Å². The maximum atomic E-state index is 8.25. The Morgan fingerprint density at radius 2 is 0.552 bits per heavy atom. The zero-order valence-corrected chi connectivity index (χ0v) is 36.3. The Bertz CT molecular complexity index is 1350. The van der Waals surface area contributed by atoms with Crippen LogP contribution < -0.4 is 31.9 Å². The summed E-state index contributed by atoms with van der Waals surface area (Å²) in [4.78, 5) is 31.5. The van der Waals surface area contributed by atoms with E-state index in [0.717, 1.165) is 73.4 Å². The molecule has 14 N–H and O–H groups in total. The molecule has 3 saturated carbocycles. The molecule has 0 amide bonds. The Morgan fingerprint density at radius 3 is 0.707 bits per heavy atom. The summed E-state index contributed by atoms with van der Waals surface area (Å²) in [5.74, 6) is 0. The molecule has 2 radical (unpaired) electrons. The summed E-state index contributed by atoms with van der Waals surface area (Å²) in [5, 5.41) is 52.5. The Kier molecular flexibility index (Phi) is 26.9. The number of hydrogen-bond donors (Lipinski definition) is 6. The van der Waals surface area contributed by atoms with Gasteiger partial charge in [0.1, 0.15) is 0 Å². The van der Waals surface area contributed by atoms with Gasteiger partial charge in [-0.25, -0.2) is 0 Å². The van der Waals surface area contributed by atoms with Crippen LogP contribution >= 0.6 is 0 Å². The molecule has 1 aliphatic heterocycles. The number of fused-ring (bicyclic) bond motifs is 9. The fourth-order valence-electron chi connectivity index (χ4n) is 7.94. The largest absolute Gasteiger partial charge is 2.00 e. The second kappa shape index (κ2) is 28.7. The molecule has 22 heteroatoms. The number of hydrogen-bond acceptors (Lipinski definition) is 15. The van der Waals surface area contributed by atoms with Gasteiger partial charge in [0.2, 0.25) is 0 Å². The molecule has 6 bridgehead atoms. The normalized spacial score (nSPS) is 24.2. The molecule has 7 rings (SSSR count). The molecule has 58 heavy (non-hydrogen) atoms. The molecule has 4 aliphatic rings. The van der Waals surface area contributed by atoms with Crippen molar-refractivity contribution >= 4 is 27.3 Å². The zero-order chi connectivity index (χ0) is 37.4. The first-order chi connectivity index (χ1) is 25.7. The standard InChI is InChI=1S/C36H51N9.2NO3.4H2O.Pb/c1-7-25-19-37-31-13-4-15-33(31)39-21-27-9-2-11-29(44-27)23-41-35-17-6-18-36(35)42-24-30-12-3-10-28(45-30)22-40-34-16-5-14-32(34)38-20-26(8-1)43-25;2*2-1(3)4;;;;;/h1-3,7-12,31-42H,4-6,13-24H2;;;4*1H2;/q;2*-1;;;;;+2/t31-,32-,33-,34-,35-,36-;;;;;;;/m0......./s1. The second-order valence-corrected chi connectivity index (χ2v) is 14.0. The average Bonchev–Trinajstić information content (AvgIpc) is 3.91.